The Balaban J connectivity index is 1.74. The van der Waals surface area contributed by atoms with Crippen LogP contribution in [-0.2, 0) is 11.4 Å². The highest BCUT2D eigenvalue weighted by atomic mass is 16.5. The summed E-state index contributed by atoms with van der Waals surface area (Å²) >= 11 is 0. The lowest BCUT2D eigenvalue weighted by molar-refractivity contribution is -0.119. The summed E-state index contributed by atoms with van der Waals surface area (Å²) in [6.07, 6.45) is 7.28. The first-order chi connectivity index (χ1) is 10.8. The van der Waals surface area contributed by atoms with Gasteiger partial charge in [0.15, 0.2) is 6.19 Å². The van der Waals surface area contributed by atoms with Crippen LogP contribution in [0.3, 0.4) is 0 Å². The maximum atomic E-state index is 12.2. The van der Waals surface area contributed by atoms with Crippen LogP contribution < -0.4 is 9.64 Å². The quantitative estimate of drug-likeness (QED) is 0.630. The summed E-state index contributed by atoms with van der Waals surface area (Å²) in [7, 11) is 0. The Labute approximate surface area is 127 Å². The highest BCUT2D eigenvalue weighted by Crippen LogP contribution is 2.40. The first kappa shape index (κ1) is 12.8. The fourth-order valence-corrected chi connectivity index (χ4v) is 2.70. The van der Waals surface area contributed by atoms with Gasteiger partial charge in [-0.3, -0.25) is 9.78 Å². The zero-order chi connectivity index (χ0) is 15.1. The molecule has 108 valence electrons. The van der Waals surface area contributed by atoms with Gasteiger partial charge in [0.25, 0.3) is 0 Å². The van der Waals surface area contributed by atoms with Crippen molar-refractivity contribution in [1.82, 2.24) is 4.98 Å². The summed E-state index contributed by atoms with van der Waals surface area (Å²) in [5.74, 6) is 0.575. The number of hydrogen-bond acceptors (Lipinski definition) is 4. The molecule has 2 heterocycles. The van der Waals surface area contributed by atoms with Gasteiger partial charge in [0.2, 0.25) is 5.91 Å². The molecule has 0 unspecified atom stereocenters. The molecular formula is C17H13N3O2. The molecule has 5 nitrogen and oxygen atoms in total. The molecule has 0 radical (unpaired) electrons. The topological polar surface area (TPSA) is 66.2 Å². The van der Waals surface area contributed by atoms with E-state index in [4.69, 9.17) is 4.74 Å². The fourth-order valence-electron chi connectivity index (χ4n) is 2.70. The molecule has 0 saturated heterocycles. The predicted molar refractivity (Wildman–Crippen MR) is 79.8 cm³/mol. The number of pyridine rings is 1. The minimum absolute atomic E-state index is 0.00315. The average Bonchev–Trinajstić information content (AvgIpc) is 3.40. The van der Waals surface area contributed by atoms with Crippen LogP contribution in [-0.4, -0.2) is 10.9 Å². The van der Waals surface area contributed by atoms with E-state index in [1.165, 1.54) is 4.90 Å². The van der Waals surface area contributed by atoms with E-state index >= 15 is 0 Å². The zero-order valence-corrected chi connectivity index (χ0v) is 11.8. The van der Waals surface area contributed by atoms with Crippen molar-refractivity contribution in [3.63, 3.8) is 0 Å². The number of nitriles is 1. The number of aromatic nitrogens is 1. The second-order valence-electron chi connectivity index (χ2n) is 5.55. The molecule has 0 spiro atoms. The van der Waals surface area contributed by atoms with Crippen LogP contribution in [0.5, 0.6) is 5.75 Å². The third-order valence-electron chi connectivity index (χ3n) is 4.05. The van der Waals surface area contributed by atoms with Crippen molar-refractivity contribution >= 4 is 11.6 Å². The Morgan fingerprint density at radius 1 is 1.32 bits per heavy atom. The molecule has 1 amide bonds. The Kier molecular flexibility index (Phi) is 2.83. The number of hydrogen-bond donors (Lipinski definition) is 0. The molecule has 0 N–H and O–H groups in total. The normalized spacial score (nSPS) is 15.0. The average molecular weight is 291 g/mol. The van der Waals surface area contributed by atoms with E-state index in [0.717, 1.165) is 29.5 Å². The first-order valence-corrected chi connectivity index (χ1v) is 7.22. The third-order valence-corrected chi connectivity index (χ3v) is 4.05. The largest absolute Gasteiger partial charge is 0.488 e. The van der Waals surface area contributed by atoms with Crippen molar-refractivity contribution in [2.24, 2.45) is 5.92 Å². The maximum Gasteiger partial charge on any atom is 0.243 e. The van der Waals surface area contributed by atoms with Gasteiger partial charge in [-0.1, -0.05) is 0 Å². The van der Waals surface area contributed by atoms with Crippen LogP contribution in [0.25, 0.3) is 11.1 Å². The highest BCUT2D eigenvalue weighted by molar-refractivity contribution is 5.99. The van der Waals surface area contributed by atoms with Gasteiger partial charge in [-0.05, 0) is 36.6 Å². The summed E-state index contributed by atoms with van der Waals surface area (Å²) in [6, 6.07) is 7.41. The Bertz CT molecular complexity index is 806. The van der Waals surface area contributed by atoms with E-state index in [2.05, 4.69) is 4.98 Å². The number of carbonyl (C=O) groups is 1. The number of nitrogens with zero attached hydrogens (tertiary/aromatic N) is 3. The van der Waals surface area contributed by atoms with Gasteiger partial charge in [0, 0.05) is 35.5 Å². The summed E-state index contributed by atoms with van der Waals surface area (Å²) in [4.78, 5) is 17.4. The van der Waals surface area contributed by atoms with Crippen molar-refractivity contribution < 1.29 is 9.53 Å². The lowest BCUT2D eigenvalue weighted by Crippen LogP contribution is -2.27. The summed E-state index contributed by atoms with van der Waals surface area (Å²) < 4.78 is 5.75. The first-order valence-electron chi connectivity index (χ1n) is 7.22. The number of rotatable bonds is 2. The smallest absolute Gasteiger partial charge is 0.243 e. The second-order valence-corrected chi connectivity index (χ2v) is 5.55. The van der Waals surface area contributed by atoms with Crippen molar-refractivity contribution in [3.8, 4) is 23.1 Å². The lowest BCUT2D eigenvalue weighted by atomic mass is 9.98. The van der Waals surface area contributed by atoms with Crippen molar-refractivity contribution in [3.05, 3.63) is 42.2 Å². The number of anilines is 1. The monoisotopic (exact) mass is 291 g/mol. The number of carbonyl (C=O) groups excluding carboxylic acids is 1. The van der Waals surface area contributed by atoms with Gasteiger partial charge in [-0.15, -0.1) is 0 Å². The number of benzene rings is 1. The zero-order valence-electron chi connectivity index (χ0n) is 11.8. The Morgan fingerprint density at radius 2 is 2.18 bits per heavy atom. The lowest BCUT2D eigenvalue weighted by Gasteiger charge is -2.22. The molecule has 1 aliphatic carbocycles. The fraction of sp³-hybridized carbons (Fsp3) is 0.235. The minimum Gasteiger partial charge on any atom is -0.488 e. The van der Waals surface area contributed by atoms with Crippen molar-refractivity contribution in [2.45, 2.75) is 19.4 Å². The van der Waals surface area contributed by atoms with Gasteiger partial charge >= 0.3 is 0 Å². The molecule has 0 bridgehead atoms. The molecule has 0 atom stereocenters. The summed E-state index contributed by atoms with van der Waals surface area (Å²) in [5, 5.41) is 9.29. The van der Waals surface area contributed by atoms with E-state index in [-0.39, 0.29) is 11.8 Å². The third kappa shape index (κ3) is 2.01. The molecule has 1 fully saturated rings. The summed E-state index contributed by atoms with van der Waals surface area (Å²) in [5.41, 5.74) is 3.65. The number of amides is 1. The molecule has 4 rings (SSSR count). The van der Waals surface area contributed by atoms with Crippen molar-refractivity contribution in [1.29, 1.82) is 5.26 Å². The number of fused-ring (bicyclic) bond motifs is 3. The molecule has 5 heteroatoms. The van der Waals surface area contributed by atoms with Crippen LogP contribution in [0.1, 0.15) is 18.4 Å². The van der Waals surface area contributed by atoms with Gasteiger partial charge in [-0.25, -0.2) is 4.90 Å². The van der Waals surface area contributed by atoms with E-state index < -0.39 is 0 Å². The van der Waals surface area contributed by atoms with Gasteiger partial charge < -0.3 is 4.74 Å². The van der Waals surface area contributed by atoms with Crippen LogP contribution in [0, 0.1) is 17.4 Å². The van der Waals surface area contributed by atoms with Gasteiger partial charge in [-0.2, -0.15) is 5.26 Å². The SMILES string of the molecule is N#CN(C(=O)C1CC1)c1ccc2c(c1)OCc1cnccc1-2. The van der Waals surface area contributed by atoms with Gasteiger partial charge in [0.05, 0.1) is 5.69 Å². The molecule has 2 aliphatic rings. The maximum absolute atomic E-state index is 12.2. The van der Waals surface area contributed by atoms with E-state index in [1.807, 2.05) is 18.3 Å². The number of ether oxygens (including phenoxy) is 1. The Hall–Kier alpha value is -2.87. The molecule has 1 aliphatic heterocycles. The van der Waals surface area contributed by atoms with Crippen LogP contribution >= 0.6 is 0 Å². The second kappa shape index (κ2) is 4.85. The molecule has 2 aromatic rings. The summed E-state index contributed by atoms with van der Waals surface area (Å²) in [6.45, 7) is 0.447. The van der Waals surface area contributed by atoms with Crippen molar-refractivity contribution in [2.75, 3.05) is 4.90 Å². The van der Waals surface area contributed by atoms with E-state index in [9.17, 15) is 10.1 Å². The van der Waals surface area contributed by atoms with Crippen LogP contribution in [0.2, 0.25) is 0 Å². The highest BCUT2D eigenvalue weighted by Gasteiger charge is 2.34. The van der Waals surface area contributed by atoms with E-state index in [0.29, 0.717) is 18.0 Å². The standard InChI is InChI=1S/C17H13N3O2/c18-10-20(17(21)11-1-2-11)13-3-4-15-14-5-6-19-8-12(14)9-22-16(15)7-13/h3-8,11H,1-2,9H2. The van der Waals surface area contributed by atoms with Crippen LogP contribution in [0.15, 0.2) is 36.7 Å². The predicted octanol–water partition coefficient (Wildman–Crippen LogP) is 2.87. The molecule has 22 heavy (non-hydrogen) atoms. The van der Waals surface area contributed by atoms with Gasteiger partial charge in [0.1, 0.15) is 12.4 Å². The van der Waals surface area contributed by atoms with E-state index in [1.54, 1.807) is 24.5 Å². The minimum atomic E-state index is -0.122. The molecule has 1 aromatic heterocycles. The van der Waals surface area contributed by atoms with Crippen LogP contribution in [0.4, 0.5) is 5.69 Å². The molecule has 1 saturated carbocycles. The molecular weight excluding hydrogens is 278 g/mol. The Morgan fingerprint density at radius 3 is 2.95 bits per heavy atom. The molecule has 1 aromatic carbocycles.